The van der Waals surface area contributed by atoms with Crippen LogP contribution < -0.4 is 5.32 Å². The van der Waals surface area contributed by atoms with E-state index in [4.69, 9.17) is 6.42 Å². The number of carbonyl (C=O) groups excluding carboxylic acids is 1. The lowest BCUT2D eigenvalue weighted by atomic mass is 10.2. The molecule has 1 aromatic heterocycles. The third kappa shape index (κ3) is 3.34. The van der Waals surface area contributed by atoms with E-state index in [0.29, 0.717) is 5.69 Å². The van der Waals surface area contributed by atoms with Gasteiger partial charge in [-0.05, 0) is 35.7 Å². The molecule has 0 aliphatic rings. The Morgan fingerprint density at radius 3 is 2.94 bits per heavy atom. The van der Waals surface area contributed by atoms with E-state index in [0.717, 1.165) is 10.4 Å². The summed E-state index contributed by atoms with van der Waals surface area (Å²) in [6.07, 6.45) is 8.59. The number of thiophene rings is 1. The Morgan fingerprint density at radius 1 is 1.33 bits per heavy atom. The van der Waals surface area contributed by atoms with E-state index in [1.165, 1.54) is 6.08 Å². The Labute approximate surface area is 110 Å². The number of hydrogen-bond acceptors (Lipinski definition) is 2. The first-order valence-corrected chi connectivity index (χ1v) is 6.25. The number of amides is 1. The summed E-state index contributed by atoms with van der Waals surface area (Å²) in [6.45, 7) is 0. The highest BCUT2D eigenvalue weighted by atomic mass is 32.1. The van der Waals surface area contributed by atoms with E-state index < -0.39 is 0 Å². The first-order valence-electron chi connectivity index (χ1n) is 5.37. The maximum atomic E-state index is 11.7. The fraction of sp³-hybridized carbons (Fsp3) is 0. The maximum Gasteiger partial charge on any atom is 0.248 e. The molecule has 0 fully saturated rings. The van der Waals surface area contributed by atoms with Gasteiger partial charge in [-0.25, -0.2) is 0 Å². The van der Waals surface area contributed by atoms with Crippen LogP contribution in [0.2, 0.25) is 0 Å². The zero-order valence-corrected chi connectivity index (χ0v) is 10.4. The molecule has 0 atom stereocenters. The van der Waals surface area contributed by atoms with Crippen LogP contribution in [0.3, 0.4) is 0 Å². The third-order valence-corrected chi connectivity index (χ3v) is 3.08. The van der Waals surface area contributed by atoms with Crippen LogP contribution in [-0.4, -0.2) is 5.91 Å². The Kier molecular flexibility index (Phi) is 3.95. The summed E-state index contributed by atoms with van der Waals surface area (Å²) in [4.78, 5) is 12.7. The molecule has 0 saturated heterocycles. The lowest BCUT2D eigenvalue weighted by Crippen LogP contribution is -2.07. The molecule has 2 rings (SSSR count). The van der Waals surface area contributed by atoms with Gasteiger partial charge in [0.15, 0.2) is 0 Å². The first-order chi connectivity index (χ1) is 8.78. The van der Waals surface area contributed by atoms with Crippen LogP contribution >= 0.6 is 11.3 Å². The number of hydrogen-bond donors (Lipinski definition) is 1. The molecule has 1 amide bonds. The molecule has 3 heteroatoms. The molecule has 2 aromatic rings. The molecule has 0 saturated carbocycles. The molecule has 0 spiro atoms. The minimum Gasteiger partial charge on any atom is -0.322 e. The number of rotatable bonds is 3. The smallest absolute Gasteiger partial charge is 0.248 e. The standard InChI is InChI=1S/C15H11NOS/c1-2-12-5-3-6-13(11-12)16-15(17)9-8-14-7-4-10-18-14/h1,3-11H,(H,16,17). The van der Waals surface area contributed by atoms with Crippen molar-refractivity contribution in [3.8, 4) is 12.3 Å². The molecule has 0 radical (unpaired) electrons. The van der Waals surface area contributed by atoms with Crippen LogP contribution in [0.15, 0.2) is 47.9 Å². The van der Waals surface area contributed by atoms with Crippen molar-refractivity contribution in [1.82, 2.24) is 0 Å². The molecular weight excluding hydrogens is 242 g/mol. The Morgan fingerprint density at radius 2 is 2.22 bits per heavy atom. The van der Waals surface area contributed by atoms with Gasteiger partial charge in [0.2, 0.25) is 5.91 Å². The number of benzene rings is 1. The molecule has 1 heterocycles. The molecule has 18 heavy (non-hydrogen) atoms. The van der Waals surface area contributed by atoms with Gasteiger partial charge in [-0.3, -0.25) is 4.79 Å². The minimum atomic E-state index is -0.169. The van der Waals surface area contributed by atoms with E-state index in [1.807, 2.05) is 29.6 Å². The molecule has 0 unspecified atom stereocenters. The lowest BCUT2D eigenvalue weighted by molar-refractivity contribution is -0.111. The second-order valence-corrected chi connectivity index (χ2v) is 4.54. The third-order valence-electron chi connectivity index (χ3n) is 2.24. The van der Waals surface area contributed by atoms with Gasteiger partial charge in [-0.2, -0.15) is 0 Å². The van der Waals surface area contributed by atoms with E-state index in [2.05, 4.69) is 11.2 Å². The molecular formula is C15H11NOS. The maximum absolute atomic E-state index is 11.7. The van der Waals surface area contributed by atoms with Crippen molar-refractivity contribution in [2.45, 2.75) is 0 Å². The van der Waals surface area contributed by atoms with Gasteiger partial charge in [0.1, 0.15) is 0 Å². The Balaban J connectivity index is 2.01. The summed E-state index contributed by atoms with van der Waals surface area (Å²) < 4.78 is 0. The topological polar surface area (TPSA) is 29.1 Å². The fourth-order valence-corrected chi connectivity index (χ4v) is 2.03. The highest BCUT2D eigenvalue weighted by molar-refractivity contribution is 7.10. The van der Waals surface area contributed by atoms with Crippen LogP contribution in [0.5, 0.6) is 0 Å². The number of carbonyl (C=O) groups is 1. The Hall–Kier alpha value is -2.31. The van der Waals surface area contributed by atoms with E-state index in [9.17, 15) is 4.79 Å². The van der Waals surface area contributed by atoms with Crippen LogP contribution in [0.1, 0.15) is 10.4 Å². The summed E-state index contributed by atoms with van der Waals surface area (Å²) in [5, 5.41) is 4.73. The molecule has 2 nitrogen and oxygen atoms in total. The average Bonchev–Trinajstić information content (AvgIpc) is 2.90. The van der Waals surface area contributed by atoms with Crippen molar-refractivity contribution >= 4 is 29.0 Å². The number of anilines is 1. The fourth-order valence-electron chi connectivity index (χ4n) is 1.41. The first kappa shape index (κ1) is 12.2. The van der Waals surface area contributed by atoms with Crippen molar-refractivity contribution in [2.75, 3.05) is 5.32 Å². The second kappa shape index (κ2) is 5.85. The normalized spacial score (nSPS) is 10.2. The molecule has 0 bridgehead atoms. The van der Waals surface area contributed by atoms with Crippen molar-refractivity contribution in [3.63, 3.8) is 0 Å². The number of terminal acetylenes is 1. The van der Waals surface area contributed by atoms with Gasteiger partial charge in [-0.15, -0.1) is 17.8 Å². The molecule has 1 N–H and O–H groups in total. The largest absolute Gasteiger partial charge is 0.322 e. The van der Waals surface area contributed by atoms with Gasteiger partial charge in [0.25, 0.3) is 0 Å². The Bertz CT molecular complexity index is 606. The molecule has 1 aromatic carbocycles. The van der Waals surface area contributed by atoms with Gasteiger partial charge in [-0.1, -0.05) is 18.1 Å². The highest BCUT2D eigenvalue weighted by Crippen LogP contribution is 2.12. The average molecular weight is 253 g/mol. The van der Waals surface area contributed by atoms with Crippen LogP contribution in [0, 0.1) is 12.3 Å². The van der Waals surface area contributed by atoms with Crippen LogP contribution in [-0.2, 0) is 4.79 Å². The van der Waals surface area contributed by atoms with Crippen molar-refractivity contribution in [2.24, 2.45) is 0 Å². The SMILES string of the molecule is C#Cc1cccc(NC(=O)C=Cc2cccs2)c1. The zero-order chi connectivity index (χ0) is 12.8. The summed E-state index contributed by atoms with van der Waals surface area (Å²) in [5.74, 6) is 2.36. The van der Waals surface area contributed by atoms with Gasteiger partial charge >= 0.3 is 0 Å². The quantitative estimate of drug-likeness (QED) is 0.659. The lowest BCUT2D eigenvalue weighted by Gasteiger charge is -2.02. The van der Waals surface area contributed by atoms with Gasteiger partial charge in [0, 0.05) is 22.2 Å². The summed E-state index contributed by atoms with van der Waals surface area (Å²) in [5.41, 5.74) is 1.45. The minimum absolute atomic E-state index is 0.169. The van der Waals surface area contributed by atoms with Gasteiger partial charge < -0.3 is 5.32 Å². The van der Waals surface area contributed by atoms with Gasteiger partial charge in [0.05, 0.1) is 0 Å². The van der Waals surface area contributed by atoms with Crippen LogP contribution in [0.4, 0.5) is 5.69 Å². The molecule has 0 aliphatic carbocycles. The summed E-state index contributed by atoms with van der Waals surface area (Å²) in [7, 11) is 0. The van der Waals surface area contributed by atoms with Crippen molar-refractivity contribution < 1.29 is 4.79 Å². The van der Waals surface area contributed by atoms with E-state index >= 15 is 0 Å². The predicted octanol–water partition coefficient (Wildman–Crippen LogP) is 3.38. The zero-order valence-electron chi connectivity index (χ0n) is 9.59. The van der Waals surface area contributed by atoms with E-state index in [-0.39, 0.29) is 5.91 Å². The predicted molar refractivity (Wildman–Crippen MR) is 76.4 cm³/mol. The monoisotopic (exact) mass is 253 g/mol. The molecule has 88 valence electrons. The highest BCUT2D eigenvalue weighted by Gasteiger charge is 1.98. The van der Waals surface area contributed by atoms with Crippen molar-refractivity contribution in [1.29, 1.82) is 0 Å². The number of nitrogens with one attached hydrogen (secondary N) is 1. The summed E-state index contributed by atoms with van der Waals surface area (Å²) >= 11 is 1.58. The van der Waals surface area contributed by atoms with Crippen molar-refractivity contribution in [3.05, 3.63) is 58.3 Å². The van der Waals surface area contributed by atoms with Crippen LogP contribution in [0.25, 0.3) is 6.08 Å². The second-order valence-electron chi connectivity index (χ2n) is 3.56. The molecule has 0 aliphatic heterocycles. The summed E-state index contributed by atoms with van der Waals surface area (Å²) in [6, 6.07) is 11.1. The van der Waals surface area contributed by atoms with E-state index in [1.54, 1.807) is 29.5 Å².